The minimum absolute atomic E-state index is 0.145. The number of primary amides is 1. The van der Waals surface area contributed by atoms with Gasteiger partial charge in [-0.1, -0.05) is 28.1 Å². The Kier molecular flexibility index (Phi) is 6.04. The van der Waals surface area contributed by atoms with Crippen molar-refractivity contribution in [2.75, 3.05) is 22.4 Å². The van der Waals surface area contributed by atoms with Crippen molar-refractivity contribution in [3.63, 3.8) is 0 Å². The predicted octanol–water partition coefficient (Wildman–Crippen LogP) is 2.26. The Bertz CT molecular complexity index is 960. The third kappa shape index (κ3) is 4.83. The Morgan fingerprint density at radius 3 is 2.42 bits per heavy atom. The van der Waals surface area contributed by atoms with Crippen LogP contribution in [0.5, 0.6) is 0 Å². The summed E-state index contributed by atoms with van der Waals surface area (Å²) in [4.78, 5) is 23.8. The molecule has 0 atom stereocenters. The van der Waals surface area contributed by atoms with Crippen LogP contribution in [0.15, 0.2) is 46.9 Å². The molecule has 0 aliphatic heterocycles. The smallest absolute Gasteiger partial charge is 0.250 e. The van der Waals surface area contributed by atoms with Crippen molar-refractivity contribution >= 4 is 49.1 Å². The van der Waals surface area contributed by atoms with E-state index in [9.17, 15) is 18.0 Å². The number of rotatable bonds is 6. The zero-order valence-corrected chi connectivity index (χ0v) is 16.6. The number of sulfonamides is 1. The van der Waals surface area contributed by atoms with Crippen LogP contribution in [0.25, 0.3) is 0 Å². The lowest BCUT2D eigenvalue weighted by Gasteiger charge is -2.22. The first-order valence-corrected chi connectivity index (χ1v) is 10.2. The van der Waals surface area contributed by atoms with Gasteiger partial charge in [0.1, 0.15) is 6.54 Å². The summed E-state index contributed by atoms with van der Waals surface area (Å²) >= 11 is 3.35. The van der Waals surface area contributed by atoms with Crippen LogP contribution in [0.1, 0.15) is 15.9 Å². The Morgan fingerprint density at radius 1 is 1.19 bits per heavy atom. The van der Waals surface area contributed by atoms with Crippen molar-refractivity contribution in [2.24, 2.45) is 5.73 Å². The molecule has 2 amide bonds. The number of hydrogen-bond donors (Lipinski definition) is 2. The molecule has 0 aliphatic rings. The van der Waals surface area contributed by atoms with Crippen molar-refractivity contribution < 1.29 is 18.0 Å². The van der Waals surface area contributed by atoms with Gasteiger partial charge >= 0.3 is 0 Å². The summed E-state index contributed by atoms with van der Waals surface area (Å²) in [6, 6.07) is 11.2. The Labute approximate surface area is 160 Å². The van der Waals surface area contributed by atoms with E-state index < -0.39 is 28.4 Å². The lowest BCUT2D eigenvalue weighted by Crippen LogP contribution is -2.37. The van der Waals surface area contributed by atoms with Crippen LogP contribution in [-0.2, 0) is 14.8 Å². The lowest BCUT2D eigenvalue weighted by molar-refractivity contribution is -0.114. The van der Waals surface area contributed by atoms with Crippen molar-refractivity contribution in [1.29, 1.82) is 0 Å². The number of halogens is 1. The van der Waals surface area contributed by atoms with E-state index in [2.05, 4.69) is 21.2 Å². The first kappa shape index (κ1) is 19.9. The van der Waals surface area contributed by atoms with Crippen molar-refractivity contribution in [2.45, 2.75) is 6.92 Å². The zero-order chi connectivity index (χ0) is 19.5. The SMILES string of the molecule is Cc1cc(N(CC(=O)Nc2ccccc2C(N)=O)S(C)(=O)=O)ccc1Br. The van der Waals surface area contributed by atoms with Gasteiger partial charge in [-0.2, -0.15) is 0 Å². The summed E-state index contributed by atoms with van der Waals surface area (Å²) < 4.78 is 26.1. The molecule has 0 spiro atoms. The molecule has 0 aromatic heterocycles. The fourth-order valence-electron chi connectivity index (χ4n) is 2.31. The van der Waals surface area contributed by atoms with Crippen LogP contribution in [-0.4, -0.2) is 33.0 Å². The molecule has 0 fully saturated rings. The minimum atomic E-state index is -3.70. The van der Waals surface area contributed by atoms with Gasteiger partial charge in [0.15, 0.2) is 0 Å². The van der Waals surface area contributed by atoms with E-state index in [0.717, 1.165) is 20.6 Å². The second-order valence-electron chi connectivity index (χ2n) is 5.66. The normalized spacial score (nSPS) is 11.0. The largest absolute Gasteiger partial charge is 0.366 e. The molecular formula is C17H18BrN3O4S. The molecular weight excluding hydrogens is 422 g/mol. The Balaban J connectivity index is 2.28. The second-order valence-corrected chi connectivity index (χ2v) is 8.42. The minimum Gasteiger partial charge on any atom is -0.366 e. The Morgan fingerprint density at radius 2 is 1.85 bits per heavy atom. The zero-order valence-electron chi connectivity index (χ0n) is 14.2. The van der Waals surface area contributed by atoms with Gasteiger partial charge in [-0.05, 0) is 42.8 Å². The summed E-state index contributed by atoms with van der Waals surface area (Å²) in [5.74, 6) is -1.28. The number of anilines is 2. The maximum Gasteiger partial charge on any atom is 0.250 e. The number of benzene rings is 2. The summed E-state index contributed by atoms with van der Waals surface area (Å²) in [6.45, 7) is 1.38. The molecule has 2 aromatic carbocycles. The molecule has 26 heavy (non-hydrogen) atoms. The first-order valence-electron chi connectivity index (χ1n) is 7.52. The maximum atomic E-state index is 12.4. The topological polar surface area (TPSA) is 110 Å². The molecule has 3 N–H and O–H groups in total. The first-order chi connectivity index (χ1) is 12.1. The highest BCUT2D eigenvalue weighted by Crippen LogP contribution is 2.24. The number of carbonyl (C=O) groups is 2. The molecule has 0 aliphatic carbocycles. The summed E-state index contributed by atoms with van der Waals surface area (Å²) in [5.41, 5.74) is 6.85. The molecule has 7 nitrogen and oxygen atoms in total. The molecule has 9 heteroatoms. The van der Waals surface area contributed by atoms with Crippen LogP contribution in [0, 0.1) is 6.92 Å². The summed E-state index contributed by atoms with van der Waals surface area (Å²) in [7, 11) is -3.70. The predicted molar refractivity (Wildman–Crippen MR) is 105 cm³/mol. The van der Waals surface area contributed by atoms with Gasteiger partial charge in [0, 0.05) is 4.47 Å². The highest BCUT2D eigenvalue weighted by Gasteiger charge is 2.22. The Hall–Kier alpha value is -2.39. The van der Waals surface area contributed by atoms with E-state index in [1.165, 1.54) is 12.1 Å². The van der Waals surface area contributed by atoms with E-state index in [1.54, 1.807) is 30.3 Å². The van der Waals surface area contributed by atoms with Crippen LogP contribution >= 0.6 is 15.9 Å². The molecule has 0 saturated carbocycles. The van der Waals surface area contributed by atoms with Gasteiger partial charge in [-0.25, -0.2) is 8.42 Å². The standard InChI is InChI=1S/C17H18BrN3O4S/c1-11-9-12(7-8-14(11)18)21(26(2,24)25)10-16(22)20-15-6-4-3-5-13(15)17(19)23/h3-9H,10H2,1-2H3,(H2,19,23)(H,20,22). The fourth-order valence-corrected chi connectivity index (χ4v) is 3.41. The highest BCUT2D eigenvalue weighted by atomic mass is 79.9. The number of amides is 2. The van der Waals surface area contributed by atoms with E-state index in [0.29, 0.717) is 5.69 Å². The fraction of sp³-hybridized carbons (Fsp3) is 0.176. The quantitative estimate of drug-likeness (QED) is 0.718. The average Bonchev–Trinajstić information content (AvgIpc) is 2.54. The van der Waals surface area contributed by atoms with Crippen molar-refractivity contribution in [3.8, 4) is 0 Å². The third-order valence-electron chi connectivity index (χ3n) is 3.58. The van der Waals surface area contributed by atoms with Crippen molar-refractivity contribution in [3.05, 3.63) is 58.1 Å². The number of nitrogens with two attached hydrogens (primary N) is 1. The van der Waals surface area contributed by atoms with E-state index >= 15 is 0 Å². The average molecular weight is 440 g/mol. The molecule has 2 aromatic rings. The molecule has 0 saturated heterocycles. The molecule has 138 valence electrons. The number of aryl methyl sites for hydroxylation is 1. The monoisotopic (exact) mass is 439 g/mol. The number of carbonyl (C=O) groups excluding carboxylic acids is 2. The van der Waals surface area contributed by atoms with Gasteiger partial charge in [-0.3, -0.25) is 13.9 Å². The number of hydrogen-bond acceptors (Lipinski definition) is 4. The summed E-state index contributed by atoms with van der Waals surface area (Å²) in [5, 5.41) is 2.54. The number of nitrogens with zero attached hydrogens (tertiary/aromatic N) is 1. The van der Waals surface area contributed by atoms with E-state index in [1.807, 2.05) is 6.92 Å². The third-order valence-corrected chi connectivity index (χ3v) is 5.61. The van der Waals surface area contributed by atoms with Gasteiger partial charge in [0.25, 0.3) is 5.91 Å². The number of para-hydroxylation sites is 1. The van der Waals surface area contributed by atoms with E-state index in [-0.39, 0.29) is 11.3 Å². The van der Waals surface area contributed by atoms with Gasteiger partial charge in [0.2, 0.25) is 15.9 Å². The lowest BCUT2D eigenvalue weighted by atomic mass is 10.1. The van der Waals surface area contributed by atoms with Gasteiger partial charge in [0.05, 0.1) is 23.2 Å². The summed E-state index contributed by atoms with van der Waals surface area (Å²) in [6.07, 6.45) is 1.02. The maximum absolute atomic E-state index is 12.4. The van der Waals surface area contributed by atoms with Gasteiger partial charge < -0.3 is 11.1 Å². The molecule has 2 rings (SSSR count). The van der Waals surface area contributed by atoms with Crippen LogP contribution < -0.4 is 15.4 Å². The molecule has 0 bridgehead atoms. The number of nitrogens with one attached hydrogen (secondary N) is 1. The highest BCUT2D eigenvalue weighted by molar-refractivity contribution is 9.10. The second kappa shape index (κ2) is 7.88. The van der Waals surface area contributed by atoms with Crippen LogP contribution in [0.4, 0.5) is 11.4 Å². The van der Waals surface area contributed by atoms with E-state index in [4.69, 9.17) is 5.73 Å². The van der Waals surface area contributed by atoms with Crippen molar-refractivity contribution in [1.82, 2.24) is 0 Å². The van der Waals surface area contributed by atoms with Crippen LogP contribution in [0.2, 0.25) is 0 Å². The molecule has 0 radical (unpaired) electrons. The molecule has 0 unspecified atom stereocenters. The van der Waals surface area contributed by atoms with Gasteiger partial charge in [-0.15, -0.1) is 0 Å². The molecule has 0 heterocycles. The van der Waals surface area contributed by atoms with Crippen LogP contribution in [0.3, 0.4) is 0 Å².